The molecule has 0 aliphatic rings. The number of hydrogen-bond acceptors (Lipinski definition) is 8. The van der Waals surface area contributed by atoms with Gasteiger partial charge < -0.3 is 0 Å². The van der Waals surface area contributed by atoms with E-state index < -0.39 is 12.1 Å². The molecule has 0 aromatic carbocycles. The number of nitrogens with zero attached hydrogens (tertiary/aromatic N) is 4. The van der Waals surface area contributed by atoms with Crippen LogP contribution in [-0.2, 0) is 19.2 Å². The maximum atomic E-state index is 10.5. The summed E-state index contributed by atoms with van der Waals surface area (Å²) in [4.78, 5) is 55.1. The standard InChI is InChI=1S/C14H18N4O4/c19-9-15-7-3-1-2-5-13(17-11-21)14(18-12-22)6-4-8-16-10-20/h13-14H,1-8H2. The minimum Gasteiger partial charge on any atom is -0.211 e. The van der Waals surface area contributed by atoms with Gasteiger partial charge in [-0.2, -0.15) is 0 Å². The van der Waals surface area contributed by atoms with Crippen LogP contribution in [0.1, 0.15) is 38.5 Å². The molecule has 0 amide bonds. The number of carbonyl (C=O) groups excluding carboxylic acids is 4. The quantitative estimate of drug-likeness (QED) is 0.290. The zero-order chi connectivity index (χ0) is 16.5. The van der Waals surface area contributed by atoms with Crippen molar-refractivity contribution >= 4 is 24.3 Å². The topological polar surface area (TPSA) is 118 Å². The first-order chi connectivity index (χ1) is 10.8. The molecule has 0 aliphatic carbocycles. The SMILES string of the molecule is O=C=NCCCCCC(N=C=O)C(CCCN=C=O)N=C=O. The zero-order valence-corrected chi connectivity index (χ0v) is 12.2. The van der Waals surface area contributed by atoms with E-state index >= 15 is 0 Å². The van der Waals surface area contributed by atoms with E-state index in [9.17, 15) is 19.2 Å². The summed E-state index contributed by atoms with van der Waals surface area (Å²) in [6, 6.07) is -0.928. The van der Waals surface area contributed by atoms with E-state index in [1.165, 1.54) is 24.3 Å². The van der Waals surface area contributed by atoms with Gasteiger partial charge in [0.05, 0.1) is 25.2 Å². The van der Waals surface area contributed by atoms with Gasteiger partial charge in [-0.3, -0.25) is 0 Å². The van der Waals surface area contributed by atoms with Crippen LogP contribution in [0.3, 0.4) is 0 Å². The molecule has 0 N–H and O–H groups in total. The zero-order valence-electron chi connectivity index (χ0n) is 12.2. The van der Waals surface area contributed by atoms with Crippen molar-refractivity contribution in [3.05, 3.63) is 0 Å². The third-order valence-electron chi connectivity index (χ3n) is 3.05. The van der Waals surface area contributed by atoms with Crippen LogP contribution in [0.2, 0.25) is 0 Å². The smallest absolute Gasteiger partial charge is 0.211 e. The Labute approximate surface area is 128 Å². The minimum atomic E-state index is -0.478. The molecule has 0 heterocycles. The van der Waals surface area contributed by atoms with Gasteiger partial charge >= 0.3 is 0 Å². The Kier molecular flexibility index (Phi) is 13.2. The summed E-state index contributed by atoms with van der Waals surface area (Å²) in [5.41, 5.74) is 0. The van der Waals surface area contributed by atoms with Crippen LogP contribution < -0.4 is 0 Å². The monoisotopic (exact) mass is 306 g/mol. The lowest BCUT2D eigenvalue weighted by Crippen LogP contribution is -2.23. The number of aliphatic imine (C=N–C) groups is 4. The average molecular weight is 306 g/mol. The highest BCUT2D eigenvalue weighted by Gasteiger charge is 2.20. The molecule has 0 rings (SSSR count). The van der Waals surface area contributed by atoms with E-state index in [-0.39, 0.29) is 6.54 Å². The Morgan fingerprint density at radius 3 is 1.59 bits per heavy atom. The fourth-order valence-corrected chi connectivity index (χ4v) is 2.01. The first kappa shape index (κ1) is 19.5. The first-order valence-electron chi connectivity index (χ1n) is 7.01. The van der Waals surface area contributed by atoms with Gasteiger partial charge in [0.1, 0.15) is 0 Å². The minimum absolute atomic E-state index is 0.287. The number of rotatable bonds is 13. The highest BCUT2D eigenvalue weighted by molar-refractivity contribution is 5.36. The Morgan fingerprint density at radius 1 is 0.591 bits per heavy atom. The number of unbranched alkanes of at least 4 members (excludes halogenated alkanes) is 2. The van der Waals surface area contributed by atoms with Crippen molar-refractivity contribution in [1.29, 1.82) is 0 Å². The summed E-state index contributed by atoms with van der Waals surface area (Å²) in [6.07, 6.45) is 9.74. The van der Waals surface area contributed by atoms with Gasteiger partial charge in [0.2, 0.25) is 24.3 Å². The largest absolute Gasteiger partial charge is 0.235 e. The van der Waals surface area contributed by atoms with Crippen LogP contribution in [0.5, 0.6) is 0 Å². The molecule has 2 unspecified atom stereocenters. The molecule has 0 bridgehead atoms. The molecule has 0 saturated heterocycles. The molecule has 0 radical (unpaired) electrons. The summed E-state index contributed by atoms with van der Waals surface area (Å²) in [5, 5.41) is 0. The molecular formula is C14H18N4O4. The summed E-state index contributed by atoms with van der Waals surface area (Å²) in [7, 11) is 0. The Bertz CT molecular complexity index is 497. The maximum absolute atomic E-state index is 10.5. The number of hydrogen-bond donors (Lipinski definition) is 0. The van der Waals surface area contributed by atoms with Crippen molar-refractivity contribution in [1.82, 2.24) is 0 Å². The predicted molar refractivity (Wildman–Crippen MR) is 77.5 cm³/mol. The molecular weight excluding hydrogens is 288 g/mol. The van der Waals surface area contributed by atoms with Crippen molar-refractivity contribution in [2.75, 3.05) is 13.1 Å². The molecule has 0 fully saturated rings. The normalized spacial score (nSPS) is 11.8. The van der Waals surface area contributed by atoms with Gasteiger partial charge in [-0.1, -0.05) is 12.8 Å². The highest BCUT2D eigenvalue weighted by atomic mass is 16.1. The second-order valence-electron chi connectivity index (χ2n) is 4.51. The first-order valence-corrected chi connectivity index (χ1v) is 7.01. The van der Waals surface area contributed by atoms with E-state index in [0.29, 0.717) is 25.8 Å². The van der Waals surface area contributed by atoms with Crippen LogP contribution >= 0.6 is 0 Å². The van der Waals surface area contributed by atoms with Gasteiger partial charge in [-0.05, 0) is 25.7 Å². The van der Waals surface area contributed by atoms with Crippen LogP contribution in [0.15, 0.2) is 20.0 Å². The van der Waals surface area contributed by atoms with Gasteiger partial charge in [-0.25, -0.2) is 39.1 Å². The van der Waals surface area contributed by atoms with E-state index in [0.717, 1.165) is 19.3 Å². The summed E-state index contributed by atoms with van der Waals surface area (Å²) in [6.45, 7) is 0.709. The van der Waals surface area contributed by atoms with Crippen molar-refractivity contribution < 1.29 is 19.2 Å². The van der Waals surface area contributed by atoms with Crippen molar-refractivity contribution in [2.45, 2.75) is 50.6 Å². The second kappa shape index (κ2) is 14.9. The van der Waals surface area contributed by atoms with E-state index in [1.54, 1.807) is 0 Å². The summed E-state index contributed by atoms with van der Waals surface area (Å²) in [5.74, 6) is 0. The molecule has 8 heteroatoms. The lowest BCUT2D eigenvalue weighted by Gasteiger charge is -2.17. The average Bonchev–Trinajstić information content (AvgIpc) is 2.53. The van der Waals surface area contributed by atoms with Crippen molar-refractivity contribution in [2.24, 2.45) is 20.0 Å². The maximum Gasteiger partial charge on any atom is 0.235 e. The van der Waals surface area contributed by atoms with E-state index in [4.69, 9.17) is 0 Å². The number of isocyanates is 4. The lowest BCUT2D eigenvalue weighted by molar-refractivity contribution is 0.439. The van der Waals surface area contributed by atoms with E-state index in [1.807, 2.05) is 0 Å². The summed E-state index contributed by atoms with van der Waals surface area (Å²) < 4.78 is 0. The van der Waals surface area contributed by atoms with Crippen molar-refractivity contribution in [3.63, 3.8) is 0 Å². The Balaban J connectivity index is 4.42. The molecule has 0 aliphatic heterocycles. The molecule has 8 nitrogen and oxygen atoms in total. The van der Waals surface area contributed by atoms with Gasteiger partial charge in [-0.15, -0.1) is 0 Å². The van der Waals surface area contributed by atoms with Crippen LogP contribution in [0, 0.1) is 0 Å². The van der Waals surface area contributed by atoms with Crippen molar-refractivity contribution in [3.8, 4) is 0 Å². The lowest BCUT2D eigenvalue weighted by atomic mass is 9.98. The molecule has 0 saturated carbocycles. The Morgan fingerprint density at radius 2 is 1.09 bits per heavy atom. The highest BCUT2D eigenvalue weighted by Crippen LogP contribution is 2.17. The van der Waals surface area contributed by atoms with Gasteiger partial charge in [0.25, 0.3) is 0 Å². The van der Waals surface area contributed by atoms with E-state index in [2.05, 4.69) is 20.0 Å². The fourth-order valence-electron chi connectivity index (χ4n) is 2.01. The van der Waals surface area contributed by atoms with Crippen LogP contribution in [0.25, 0.3) is 0 Å². The molecule has 22 heavy (non-hydrogen) atoms. The van der Waals surface area contributed by atoms with Gasteiger partial charge in [0.15, 0.2) is 0 Å². The third kappa shape index (κ3) is 10.3. The van der Waals surface area contributed by atoms with Crippen LogP contribution in [0.4, 0.5) is 0 Å². The molecule has 0 aromatic heterocycles. The summed E-state index contributed by atoms with van der Waals surface area (Å²) >= 11 is 0. The Hall–Kier alpha value is -2.48. The molecule has 2 atom stereocenters. The molecule has 118 valence electrons. The predicted octanol–water partition coefficient (Wildman–Crippen LogP) is 1.41. The molecule has 0 spiro atoms. The van der Waals surface area contributed by atoms with Gasteiger partial charge in [0, 0.05) is 0 Å². The fraction of sp³-hybridized carbons (Fsp3) is 0.714. The third-order valence-corrected chi connectivity index (χ3v) is 3.05. The van der Waals surface area contributed by atoms with Crippen LogP contribution in [-0.4, -0.2) is 49.5 Å². The second-order valence-corrected chi connectivity index (χ2v) is 4.51. The molecule has 0 aromatic rings.